The molecule has 0 radical (unpaired) electrons. The Hall–Kier alpha value is -2.13. The summed E-state index contributed by atoms with van der Waals surface area (Å²) in [5.41, 5.74) is 4.98. The molecular weight excluding hydrogens is 446 g/mol. The molecule has 1 aromatic heterocycles. The van der Waals surface area contributed by atoms with E-state index >= 15 is 0 Å². The van der Waals surface area contributed by atoms with Gasteiger partial charge in [-0.15, -0.1) is 0 Å². The van der Waals surface area contributed by atoms with Gasteiger partial charge in [-0.1, -0.05) is 87.7 Å². The molecular formula is C32H41NOS. The summed E-state index contributed by atoms with van der Waals surface area (Å²) in [6.45, 7) is 17.2. The maximum Gasteiger partial charge on any atom is 0.146 e. The van der Waals surface area contributed by atoms with Gasteiger partial charge in [0.05, 0.1) is 5.75 Å². The zero-order valence-corrected chi connectivity index (χ0v) is 22.8. The van der Waals surface area contributed by atoms with Crippen LogP contribution in [0.4, 0.5) is 0 Å². The highest BCUT2D eigenvalue weighted by Crippen LogP contribution is 2.56. The van der Waals surface area contributed by atoms with Crippen LogP contribution in [-0.4, -0.2) is 16.5 Å². The Labute approximate surface area is 216 Å². The van der Waals surface area contributed by atoms with Crippen molar-refractivity contribution in [2.75, 3.05) is 5.75 Å². The number of hydrogen-bond acceptors (Lipinski definition) is 3. The molecule has 0 aromatic carbocycles. The summed E-state index contributed by atoms with van der Waals surface area (Å²) < 4.78 is 0. The largest absolute Gasteiger partial charge is 0.298 e. The second-order valence-corrected chi connectivity index (χ2v) is 12.5. The van der Waals surface area contributed by atoms with Gasteiger partial charge in [-0.25, -0.2) is 4.98 Å². The highest BCUT2D eigenvalue weighted by atomic mass is 32.2. The summed E-state index contributed by atoms with van der Waals surface area (Å²) in [6, 6.07) is 1.98. The molecule has 1 heterocycles. The van der Waals surface area contributed by atoms with Crippen LogP contribution >= 0.6 is 11.8 Å². The molecule has 2 saturated carbocycles. The molecule has 0 N–H and O–H groups in total. The lowest BCUT2D eigenvalue weighted by Crippen LogP contribution is -2.43. The van der Waals surface area contributed by atoms with Gasteiger partial charge in [0.2, 0.25) is 0 Å². The first-order chi connectivity index (χ1) is 16.7. The van der Waals surface area contributed by atoms with Crippen LogP contribution in [0.25, 0.3) is 12.2 Å². The van der Waals surface area contributed by atoms with E-state index in [-0.39, 0.29) is 16.7 Å². The summed E-state index contributed by atoms with van der Waals surface area (Å²) in [5.74, 6) is 2.32. The lowest BCUT2D eigenvalue weighted by atomic mass is 9.53. The highest BCUT2D eigenvalue weighted by molar-refractivity contribution is 8.00. The van der Waals surface area contributed by atoms with E-state index in [9.17, 15) is 4.79 Å². The minimum absolute atomic E-state index is 0.00478. The monoisotopic (exact) mass is 487 g/mol. The van der Waals surface area contributed by atoms with Crippen molar-refractivity contribution >= 4 is 29.7 Å². The van der Waals surface area contributed by atoms with Gasteiger partial charge >= 0.3 is 0 Å². The van der Waals surface area contributed by atoms with E-state index in [0.717, 1.165) is 47.4 Å². The molecule has 3 heteroatoms. The van der Waals surface area contributed by atoms with Crippen LogP contribution in [0.1, 0.15) is 77.3 Å². The highest BCUT2D eigenvalue weighted by Gasteiger charge is 2.47. The maximum atomic E-state index is 13.6. The Morgan fingerprint density at radius 1 is 1.23 bits per heavy atom. The maximum absolute atomic E-state index is 13.6. The fraction of sp³-hybridized carbons (Fsp3) is 0.500. The number of aromatic nitrogens is 1. The number of thioether (sulfide) groups is 1. The lowest BCUT2D eigenvalue weighted by molar-refractivity contribution is -0.125. The van der Waals surface area contributed by atoms with Gasteiger partial charge in [0.15, 0.2) is 0 Å². The van der Waals surface area contributed by atoms with Gasteiger partial charge in [0, 0.05) is 23.1 Å². The third-order valence-corrected chi connectivity index (χ3v) is 10.00. The number of pyridine rings is 1. The number of rotatable bonds is 6. The van der Waals surface area contributed by atoms with Crippen LogP contribution in [0.2, 0.25) is 0 Å². The zero-order chi connectivity index (χ0) is 25.2. The molecule has 0 spiro atoms. The molecule has 35 heavy (non-hydrogen) atoms. The van der Waals surface area contributed by atoms with Crippen molar-refractivity contribution in [1.82, 2.24) is 4.98 Å². The first kappa shape index (κ1) is 25.9. The van der Waals surface area contributed by atoms with Crippen LogP contribution < -0.4 is 0 Å². The molecule has 2 fully saturated rings. The average Bonchev–Trinajstić information content (AvgIpc) is 2.82. The predicted molar refractivity (Wildman–Crippen MR) is 151 cm³/mol. The second-order valence-electron chi connectivity index (χ2n) is 11.5. The number of allylic oxidation sites excluding steroid dienone is 6. The van der Waals surface area contributed by atoms with Crippen molar-refractivity contribution in [1.29, 1.82) is 0 Å². The molecule has 0 amide bonds. The van der Waals surface area contributed by atoms with Crippen LogP contribution in [0.15, 0.2) is 65.9 Å². The molecule has 4 atom stereocenters. The molecule has 3 aliphatic rings. The third-order valence-electron chi connectivity index (χ3n) is 8.97. The Morgan fingerprint density at radius 2 is 2.03 bits per heavy atom. The number of carbonyl (C=O) groups excluding carboxylic acids is 1. The summed E-state index contributed by atoms with van der Waals surface area (Å²) in [7, 11) is 0. The van der Waals surface area contributed by atoms with Gasteiger partial charge < -0.3 is 0 Å². The van der Waals surface area contributed by atoms with Gasteiger partial charge in [0.1, 0.15) is 10.8 Å². The molecule has 4 unspecified atom stereocenters. The first-order valence-corrected chi connectivity index (χ1v) is 14.2. The molecule has 186 valence electrons. The molecule has 2 nitrogen and oxygen atoms in total. The fourth-order valence-electron chi connectivity index (χ4n) is 6.84. The number of fused-ring (bicyclic) bond motifs is 3. The Balaban J connectivity index is 1.49. The topological polar surface area (TPSA) is 30.0 Å². The molecule has 0 saturated heterocycles. The first-order valence-electron chi connectivity index (χ1n) is 13.2. The van der Waals surface area contributed by atoms with E-state index in [0.29, 0.717) is 23.4 Å². The summed E-state index contributed by atoms with van der Waals surface area (Å²) >= 11 is 1.58. The lowest BCUT2D eigenvalue weighted by Gasteiger charge is -2.51. The van der Waals surface area contributed by atoms with E-state index in [2.05, 4.69) is 63.2 Å². The van der Waals surface area contributed by atoms with Crippen LogP contribution in [0.3, 0.4) is 0 Å². The molecule has 1 aromatic rings. The van der Waals surface area contributed by atoms with Crippen LogP contribution in [-0.2, 0) is 4.79 Å². The minimum Gasteiger partial charge on any atom is -0.298 e. The van der Waals surface area contributed by atoms with Gasteiger partial charge in [-0.2, -0.15) is 0 Å². The van der Waals surface area contributed by atoms with Crippen molar-refractivity contribution in [3.63, 3.8) is 0 Å². The zero-order valence-electron chi connectivity index (χ0n) is 22.0. The van der Waals surface area contributed by atoms with Gasteiger partial charge in [0.25, 0.3) is 0 Å². The van der Waals surface area contributed by atoms with E-state index in [4.69, 9.17) is 0 Å². The van der Waals surface area contributed by atoms with E-state index < -0.39 is 0 Å². The summed E-state index contributed by atoms with van der Waals surface area (Å²) in [4.78, 5) is 18.2. The van der Waals surface area contributed by atoms with Crippen molar-refractivity contribution in [2.45, 2.75) is 71.2 Å². The fourth-order valence-corrected chi connectivity index (χ4v) is 7.79. The smallest absolute Gasteiger partial charge is 0.146 e. The Kier molecular flexibility index (Phi) is 7.76. The van der Waals surface area contributed by atoms with Crippen molar-refractivity contribution < 1.29 is 4.79 Å². The SMILES string of the molecule is C=Cc1ccnc(SCC(=O)C2CCC3CCC4=CC(=C)C=CC4(C)C3CCC2(C)C)c1/C=C\C. The summed E-state index contributed by atoms with van der Waals surface area (Å²) in [6.07, 6.45) is 21.6. The molecule has 3 aliphatic carbocycles. The number of hydrogen-bond donors (Lipinski definition) is 0. The van der Waals surface area contributed by atoms with Crippen LogP contribution in [0, 0.1) is 28.6 Å². The third kappa shape index (κ3) is 5.21. The number of ketones is 1. The number of carbonyl (C=O) groups is 1. The van der Waals surface area contributed by atoms with E-state index in [1.54, 1.807) is 17.3 Å². The summed E-state index contributed by atoms with van der Waals surface area (Å²) in [5, 5.41) is 0.919. The molecule has 0 aliphatic heterocycles. The molecule has 0 bridgehead atoms. The number of nitrogens with zero attached hydrogens (tertiary/aromatic N) is 1. The second kappa shape index (κ2) is 10.5. The molecule has 4 rings (SSSR count). The van der Waals surface area contributed by atoms with Crippen molar-refractivity contribution in [3.8, 4) is 0 Å². The van der Waals surface area contributed by atoms with Crippen LogP contribution in [0.5, 0.6) is 0 Å². The van der Waals surface area contributed by atoms with Gasteiger partial charge in [-0.05, 0) is 79.9 Å². The van der Waals surface area contributed by atoms with E-state index in [1.165, 1.54) is 12.8 Å². The normalized spacial score (nSPS) is 30.1. The Bertz CT molecular complexity index is 1090. The number of Topliss-reactive ketones (excluding diaryl/α,β-unsaturated/α-hetero) is 1. The Morgan fingerprint density at radius 3 is 2.77 bits per heavy atom. The van der Waals surface area contributed by atoms with E-state index in [1.807, 2.05) is 31.3 Å². The minimum atomic E-state index is 0.00478. The predicted octanol–water partition coefficient (Wildman–Crippen LogP) is 8.72. The standard InChI is InChI=1S/C32H41NOS/c1-7-9-26-23(8-2)16-19-33-30(26)35-21-29(34)28-13-11-24-10-12-25-20-22(3)14-18-32(25,6)27(24)15-17-31(28,4)5/h7-9,14,16,18-20,24,27-28H,2-3,10-13,15,17,21H2,1,4-6H3/b9-7-. The quantitative estimate of drug-likeness (QED) is 0.376. The van der Waals surface area contributed by atoms with Gasteiger partial charge in [-0.3, -0.25) is 4.79 Å². The van der Waals surface area contributed by atoms with Crippen molar-refractivity contribution in [3.05, 3.63) is 72.0 Å². The average molecular weight is 488 g/mol. The van der Waals surface area contributed by atoms with Crippen molar-refractivity contribution in [2.24, 2.45) is 28.6 Å².